The summed E-state index contributed by atoms with van der Waals surface area (Å²) in [5.74, 6) is 0.997. The van der Waals surface area contributed by atoms with Gasteiger partial charge in [0.25, 0.3) is 0 Å². The summed E-state index contributed by atoms with van der Waals surface area (Å²) in [7, 11) is 0. The van der Waals surface area contributed by atoms with Crippen LogP contribution in [0.25, 0.3) is 0 Å². The lowest BCUT2D eigenvalue weighted by molar-refractivity contribution is 0.443. The second-order valence-electron chi connectivity index (χ2n) is 10.2. The monoisotopic (exact) mass is 382 g/mol. The second kappa shape index (κ2) is 7.81. The Morgan fingerprint density at radius 3 is 1.36 bits per heavy atom. The Labute approximate surface area is 171 Å². The van der Waals surface area contributed by atoms with Crippen molar-refractivity contribution in [1.29, 1.82) is 0 Å². The smallest absolute Gasteiger partial charge is 0.119 e. The fraction of sp³-hybridized carbons (Fsp3) is 0.538. The summed E-state index contributed by atoms with van der Waals surface area (Å²) < 4.78 is 0. The first-order valence-electron chi connectivity index (χ1n) is 10.5. The van der Waals surface area contributed by atoms with Crippen LogP contribution in [0.4, 0.5) is 0 Å². The van der Waals surface area contributed by atoms with Crippen molar-refractivity contribution in [3.05, 3.63) is 57.6 Å². The highest BCUT2D eigenvalue weighted by atomic mass is 16.3. The molecule has 28 heavy (non-hydrogen) atoms. The Hall–Kier alpha value is -1.96. The van der Waals surface area contributed by atoms with Gasteiger partial charge in [-0.1, -0.05) is 67.0 Å². The maximum atomic E-state index is 10.5. The maximum absolute atomic E-state index is 10.5. The first kappa shape index (κ1) is 22.3. The molecule has 2 rings (SSSR count). The molecule has 2 N–H and O–H groups in total. The number of hydrogen-bond acceptors (Lipinski definition) is 2. The normalized spacial score (nSPS) is 12.6. The van der Waals surface area contributed by atoms with Crippen LogP contribution in [-0.4, -0.2) is 10.2 Å². The molecule has 2 heteroatoms. The number of aromatic hydroxyl groups is 2. The first-order valence-corrected chi connectivity index (χ1v) is 10.5. The zero-order valence-corrected chi connectivity index (χ0v) is 19.2. The van der Waals surface area contributed by atoms with Crippen LogP contribution >= 0.6 is 0 Å². The van der Waals surface area contributed by atoms with Crippen molar-refractivity contribution in [1.82, 2.24) is 0 Å². The SMILES string of the molecule is CCCC(c1ccc(O)c(C(C)(C)C)c1C)c1ccc(O)c(C(C)(C)C)c1C. The van der Waals surface area contributed by atoms with Crippen LogP contribution in [-0.2, 0) is 10.8 Å². The van der Waals surface area contributed by atoms with Crippen molar-refractivity contribution in [2.24, 2.45) is 0 Å². The molecule has 2 aromatic rings. The van der Waals surface area contributed by atoms with Crippen molar-refractivity contribution < 1.29 is 10.2 Å². The molecule has 0 aliphatic heterocycles. The van der Waals surface area contributed by atoms with E-state index in [9.17, 15) is 10.2 Å². The van der Waals surface area contributed by atoms with E-state index in [1.807, 2.05) is 12.1 Å². The van der Waals surface area contributed by atoms with Crippen LogP contribution in [0.2, 0.25) is 0 Å². The molecule has 154 valence electrons. The summed E-state index contributed by atoms with van der Waals surface area (Å²) in [5.41, 5.74) is 6.71. The van der Waals surface area contributed by atoms with Crippen LogP contribution in [0.5, 0.6) is 11.5 Å². The molecule has 0 unspecified atom stereocenters. The molecule has 2 nitrogen and oxygen atoms in total. The zero-order chi connectivity index (χ0) is 21.4. The topological polar surface area (TPSA) is 40.5 Å². The Morgan fingerprint density at radius 2 is 1.07 bits per heavy atom. The third-order valence-corrected chi connectivity index (χ3v) is 5.80. The Balaban J connectivity index is 2.76. The van der Waals surface area contributed by atoms with Gasteiger partial charge < -0.3 is 10.2 Å². The maximum Gasteiger partial charge on any atom is 0.119 e. The first-order chi connectivity index (χ1) is 12.8. The van der Waals surface area contributed by atoms with Gasteiger partial charge in [-0.3, -0.25) is 0 Å². The molecule has 0 spiro atoms. The minimum Gasteiger partial charge on any atom is -0.508 e. The molecule has 0 saturated carbocycles. The number of hydrogen-bond donors (Lipinski definition) is 2. The van der Waals surface area contributed by atoms with Crippen LogP contribution in [0.15, 0.2) is 24.3 Å². The van der Waals surface area contributed by atoms with E-state index in [4.69, 9.17) is 0 Å². The Morgan fingerprint density at radius 1 is 0.714 bits per heavy atom. The standard InChI is InChI=1S/C26H38O2/c1-10-11-20(18-12-14-21(27)23(16(18)2)25(4,5)6)19-13-15-22(28)24(17(19)3)26(7,8)9/h12-15,20,27-28H,10-11H2,1-9H3. The number of rotatable bonds is 4. The predicted molar refractivity (Wildman–Crippen MR) is 120 cm³/mol. The lowest BCUT2D eigenvalue weighted by atomic mass is 9.74. The van der Waals surface area contributed by atoms with E-state index in [0.29, 0.717) is 11.5 Å². The minimum atomic E-state index is -0.124. The van der Waals surface area contributed by atoms with E-state index >= 15 is 0 Å². The van der Waals surface area contributed by atoms with Gasteiger partial charge in [0.1, 0.15) is 11.5 Å². The molecule has 0 saturated heterocycles. The van der Waals surface area contributed by atoms with E-state index < -0.39 is 0 Å². The fourth-order valence-electron chi connectivity index (χ4n) is 4.84. The van der Waals surface area contributed by atoms with Crippen molar-refractivity contribution in [2.45, 2.75) is 91.9 Å². The Kier molecular flexibility index (Phi) is 6.23. The van der Waals surface area contributed by atoms with Gasteiger partial charge in [-0.05, 0) is 65.5 Å². The van der Waals surface area contributed by atoms with Crippen LogP contribution in [0, 0.1) is 13.8 Å². The number of phenolic OH excluding ortho intramolecular Hbond substituents is 2. The second-order valence-corrected chi connectivity index (χ2v) is 10.2. The van der Waals surface area contributed by atoms with Gasteiger partial charge in [0.15, 0.2) is 0 Å². The van der Waals surface area contributed by atoms with Gasteiger partial charge in [0.05, 0.1) is 0 Å². The highest BCUT2D eigenvalue weighted by Crippen LogP contribution is 2.43. The average Bonchev–Trinajstić information content (AvgIpc) is 2.51. The zero-order valence-electron chi connectivity index (χ0n) is 19.2. The van der Waals surface area contributed by atoms with E-state index in [1.165, 1.54) is 22.3 Å². The quantitative estimate of drug-likeness (QED) is 0.585. The van der Waals surface area contributed by atoms with Crippen LogP contribution in [0.3, 0.4) is 0 Å². The molecular weight excluding hydrogens is 344 g/mol. The lowest BCUT2D eigenvalue weighted by Crippen LogP contribution is -2.18. The summed E-state index contributed by atoms with van der Waals surface area (Å²) in [6, 6.07) is 7.88. The fourth-order valence-corrected chi connectivity index (χ4v) is 4.84. The molecule has 0 heterocycles. The summed E-state index contributed by atoms with van der Waals surface area (Å²) in [6.07, 6.45) is 2.10. The summed E-state index contributed by atoms with van der Waals surface area (Å²) in [4.78, 5) is 0. The molecule has 0 aliphatic carbocycles. The van der Waals surface area contributed by atoms with Gasteiger partial charge in [-0.15, -0.1) is 0 Å². The largest absolute Gasteiger partial charge is 0.508 e. The molecule has 2 aromatic carbocycles. The predicted octanol–water partition coefficient (Wildman–Crippen LogP) is 7.24. The molecule has 0 bridgehead atoms. The van der Waals surface area contributed by atoms with Gasteiger partial charge in [-0.25, -0.2) is 0 Å². The summed E-state index contributed by atoms with van der Waals surface area (Å²) in [5, 5.41) is 21.1. The van der Waals surface area contributed by atoms with Crippen LogP contribution in [0.1, 0.15) is 101 Å². The van der Waals surface area contributed by atoms with E-state index in [-0.39, 0.29) is 16.7 Å². The summed E-state index contributed by atoms with van der Waals surface area (Å²) >= 11 is 0. The average molecular weight is 383 g/mol. The van der Waals surface area contributed by atoms with Crippen molar-refractivity contribution in [3.8, 4) is 11.5 Å². The molecular formula is C26H38O2. The lowest BCUT2D eigenvalue weighted by Gasteiger charge is -2.30. The number of benzene rings is 2. The van der Waals surface area contributed by atoms with Gasteiger partial charge >= 0.3 is 0 Å². The van der Waals surface area contributed by atoms with Crippen molar-refractivity contribution in [3.63, 3.8) is 0 Å². The van der Waals surface area contributed by atoms with E-state index in [1.54, 1.807) is 0 Å². The molecule has 0 aromatic heterocycles. The summed E-state index contributed by atoms with van der Waals surface area (Å²) in [6.45, 7) is 19.4. The number of phenols is 2. The van der Waals surface area contributed by atoms with Crippen molar-refractivity contribution in [2.75, 3.05) is 0 Å². The highest BCUT2D eigenvalue weighted by molar-refractivity contribution is 5.54. The van der Waals surface area contributed by atoms with Crippen LogP contribution < -0.4 is 0 Å². The van der Waals surface area contributed by atoms with Gasteiger partial charge in [0.2, 0.25) is 0 Å². The van der Waals surface area contributed by atoms with Gasteiger partial charge in [-0.2, -0.15) is 0 Å². The molecule has 0 aliphatic rings. The van der Waals surface area contributed by atoms with Crippen molar-refractivity contribution >= 4 is 0 Å². The molecule has 0 radical (unpaired) electrons. The third kappa shape index (κ3) is 4.21. The minimum absolute atomic E-state index is 0.124. The molecule has 0 amide bonds. The van der Waals surface area contributed by atoms with Gasteiger partial charge in [0, 0.05) is 17.0 Å². The Bertz CT molecular complexity index is 779. The third-order valence-electron chi connectivity index (χ3n) is 5.80. The molecule has 0 fully saturated rings. The highest BCUT2D eigenvalue weighted by Gasteiger charge is 2.28. The van der Waals surface area contributed by atoms with E-state index in [2.05, 4.69) is 74.4 Å². The molecule has 0 atom stereocenters. The van der Waals surface area contributed by atoms with E-state index in [0.717, 1.165) is 24.0 Å².